The van der Waals surface area contributed by atoms with E-state index in [1.165, 1.54) is 0 Å². The number of rotatable bonds is 7. The van der Waals surface area contributed by atoms with Gasteiger partial charge in [0.05, 0.1) is 12.7 Å². The molecule has 3 N–H and O–H groups in total. The number of aromatic amines is 1. The molecule has 0 radical (unpaired) electrons. The summed E-state index contributed by atoms with van der Waals surface area (Å²) in [6, 6.07) is 12.8. The van der Waals surface area contributed by atoms with Gasteiger partial charge in [-0.2, -0.15) is 0 Å². The zero-order chi connectivity index (χ0) is 21.8. The van der Waals surface area contributed by atoms with Crippen LogP contribution in [0.15, 0.2) is 60.8 Å². The van der Waals surface area contributed by atoms with Crippen molar-refractivity contribution in [2.45, 2.75) is 31.7 Å². The lowest BCUT2D eigenvalue weighted by molar-refractivity contribution is -0.243. The van der Waals surface area contributed by atoms with E-state index in [1.807, 2.05) is 48.7 Å². The van der Waals surface area contributed by atoms with Gasteiger partial charge in [0.25, 0.3) is 0 Å². The Balaban J connectivity index is 1.57. The molecule has 3 aromatic rings. The number of carboxylic acids is 1. The van der Waals surface area contributed by atoms with Crippen LogP contribution in [0.3, 0.4) is 0 Å². The first-order valence-corrected chi connectivity index (χ1v) is 10.6. The maximum Gasteiger partial charge on any atom is 0.303 e. The minimum atomic E-state index is -0.817. The molecule has 1 aromatic heterocycles. The summed E-state index contributed by atoms with van der Waals surface area (Å²) in [6.07, 6.45) is 5.91. The highest BCUT2D eigenvalue weighted by atomic mass is 35.5. The molecule has 0 spiro atoms. The molecule has 1 aliphatic rings. The zero-order valence-electron chi connectivity index (χ0n) is 16.8. The van der Waals surface area contributed by atoms with Gasteiger partial charge in [-0.1, -0.05) is 42.0 Å². The summed E-state index contributed by atoms with van der Waals surface area (Å²) in [4.78, 5) is 13.9. The summed E-state index contributed by atoms with van der Waals surface area (Å²) in [5.41, 5.74) is 2.50. The highest BCUT2D eigenvalue weighted by molar-refractivity contribution is 6.31. The standard InChI is InChI=1S/C24H24ClNO5/c25-16-10-11-20-18(12-16)19(13-26-20)24-30-14-15(6-2-1-3-9-22(28)29)23(31-24)17-7-4-5-8-21(17)27/h1-2,4-5,7-8,10-13,15,23-24,26-27H,3,6,9,14H2,(H,28,29)/b2-1-. The molecule has 1 fully saturated rings. The van der Waals surface area contributed by atoms with Crippen molar-refractivity contribution in [3.63, 3.8) is 0 Å². The Morgan fingerprint density at radius 2 is 2.03 bits per heavy atom. The monoisotopic (exact) mass is 441 g/mol. The lowest BCUT2D eigenvalue weighted by Gasteiger charge is -2.36. The molecule has 2 heterocycles. The van der Waals surface area contributed by atoms with Crippen LogP contribution in [0.25, 0.3) is 10.9 Å². The van der Waals surface area contributed by atoms with E-state index in [9.17, 15) is 9.90 Å². The number of aliphatic carboxylic acids is 1. The van der Waals surface area contributed by atoms with Crippen molar-refractivity contribution < 1.29 is 24.5 Å². The number of benzene rings is 2. The Morgan fingerprint density at radius 1 is 1.19 bits per heavy atom. The first-order chi connectivity index (χ1) is 15.0. The van der Waals surface area contributed by atoms with Crippen molar-refractivity contribution in [3.8, 4) is 5.75 Å². The predicted octanol–water partition coefficient (Wildman–Crippen LogP) is 5.74. The van der Waals surface area contributed by atoms with E-state index >= 15 is 0 Å². The van der Waals surface area contributed by atoms with E-state index in [2.05, 4.69) is 4.98 Å². The minimum absolute atomic E-state index is 0.0283. The number of phenols is 1. The van der Waals surface area contributed by atoms with Crippen LogP contribution in [0.5, 0.6) is 5.75 Å². The second-order valence-electron chi connectivity index (χ2n) is 7.61. The molecule has 1 aliphatic heterocycles. The van der Waals surface area contributed by atoms with Gasteiger partial charge in [-0.3, -0.25) is 4.79 Å². The van der Waals surface area contributed by atoms with Crippen LogP contribution in [-0.4, -0.2) is 27.8 Å². The number of halogens is 1. The van der Waals surface area contributed by atoms with Gasteiger partial charge in [0.1, 0.15) is 5.75 Å². The minimum Gasteiger partial charge on any atom is -0.508 e. The van der Waals surface area contributed by atoms with Crippen LogP contribution in [0.4, 0.5) is 0 Å². The van der Waals surface area contributed by atoms with E-state index in [-0.39, 0.29) is 24.2 Å². The molecule has 0 bridgehead atoms. The molecule has 31 heavy (non-hydrogen) atoms. The Hall–Kier alpha value is -2.80. The van der Waals surface area contributed by atoms with Crippen molar-refractivity contribution in [1.82, 2.24) is 4.98 Å². The zero-order valence-corrected chi connectivity index (χ0v) is 17.6. The van der Waals surface area contributed by atoms with Crippen LogP contribution in [0.1, 0.15) is 42.8 Å². The number of nitrogens with one attached hydrogen (secondary N) is 1. The maximum atomic E-state index is 10.7. The highest BCUT2D eigenvalue weighted by Crippen LogP contribution is 2.43. The molecule has 3 unspecified atom stereocenters. The predicted molar refractivity (Wildman–Crippen MR) is 118 cm³/mol. The number of hydrogen-bond acceptors (Lipinski definition) is 4. The Bertz CT molecular complexity index is 1090. The van der Waals surface area contributed by atoms with Crippen molar-refractivity contribution in [3.05, 3.63) is 77.0 Å². The van der Waals surface area contributed by atoms with Gasteiger partial charge in [-0.25, -0.2) is 0 Å². The molecule has 3 atom stereocenters. The SMILES string of the molecule is O=C(O)CC/C=C\CC1COC(c2c[nH]c3ccc(Cl)cc23)OC1c1ccccc1O. The third kappa shape index (κ3) is 4.93. The number of ether oxygens (including phenoxy) is 2. The normalized spacial score (nSPS) is 21.6. The van der Waals surface area contributed by atoms with Crippen LogP contribution >= 0.6 is 11.6 Å². The molecule has 4 rings (SSSR count). The summed E-state index contributed by atoms with van der Waals surface area (Å²) >= 11 is 6.18. The number of allylic oxidation sites excluding steroid dienone is 2. The molecular formula is C24H24ClNO5. The average Bonchev–Trinajstić information content (AvgIpc) is 3.17. The smallest absolute Gasteiger partial charge is 0.303 e. The first kappa shape index (κ1) is 21.4. The Labute approximate surface area is 185 Å². The number of phenolic OH excluding ortho intramolecular Hbond substituents is 1. The molecular weight excluding hydrogens is 418 g/mol. The van der Waals surface area contributed by atoms with Crippen molar-refractivity contribution in [2.75, 3.05) is 6.61 Å². The first-order valence-electron chi connectivity index (χ1n) is 10.2. The lowest BCUT2D eigenvalue weighted by atomic mass is 9.91. The fraction of sp³-hybridized carbons (Fsp3) is 0.292. The van der Waals surface area contributed by atoms with E-state index in [1.54, 1.807) is 12.1 Å². The van der Waals surface area contributed by atoms with Crippen molar-refractivity contribution in [1.29, 1.82) is 0 Å². The van der Waals surface area contributed by atoms with Crippen molar-refractivity contribution in [2.24, 2.45) is 5.92 Å². The van der Waals surface area contributed by atoms with Crippen LogP contribution < -0.4 is 0 Å². The molecule has 2 aromatic carbocycles. The second kappa shape index (κ2) is 9.56. The quantitative estimate of drug-likeness (QED) is 0.406. The maximum absolute atomic E-state index is 10.7. The number of carbonyl (C=O) groups is 1. The van der Waals surface area contributed by atoms with Crippen LogP contribution in [0.2, 0.25) is 5.02 Å². The van der Waals surface area contributed by atoms with Gasteiger partial charge >= 0.3 is 5.97 Å². The molecule has 0 saturated carbocycles. The summed E-state index contributed by atoms with van der Waals surface area (Å²) in [5.74, 6) is -0.669. The van der Waals surface area contributed by atoms with Gasteiger partial charge < -0.3 is 24.7 Å². The number of carboxylic acid groups (broad SMARTS) is 1. The third-order valence-electron chi connectivity index (χ3n) is 5.46. The molecule has 0 amide bonds. The van der Waals surface area contributed by atoms with Crippen LogP contribution in [0, 0.1) is 5.92 Å². The Kier molecular flexibility index (Phi) is 6.61. The molecule has 7 heteroatoms. The number of hydrogen-bond donors (Lipinski definition) is 3. The van der Waals surface area contributed by atoms with Gasteiger partial charge in [-0.05, 0) is 37.1 Å². The van der Waals surface area contributed by atoms with E-state index in [0.717, 1.165) is 16.5 Å². The summed E-state index contributed by atoms with van der Waals surface area (Å²) < 4.78 is 12.5. The van der Waals surface area contributed by atoms with Crippen molar-refractivity contribution >= 4 is 28.5 Å². The van der Waals surface area contributed by atoms with Gasteiger partial charge in [-0.15, -0.1) is 0 Å². The Morgan fingerprint density at radius 3 is 2.84 bits per heavy atom. The van der Waals surface area contributed by atoms with E-state index in [4.69, 9.17) is 26.2 Å². The number of aromatic hydroxyl groups is 1. The molecule has 1 saturated heterocycles. The summed E-state index contributed by atoms with van der Waals surface area (Å²) in [7, 11) is 0. The molecule has 162 valence electrons. The largest absolute Gasteiger partial charge is 0.508 e. The second-order valence-corrected chi connectivity index (χ2v) is 8.05. The molecule has 6 nitrogen and oxygen atoms in total. The topological polar surface area (TPSA) is 91.8 Å². The van der Waals surface area contributed by atoms with E-state index < -0.39 is 12.3 Å². The molecule has 0 aliphatic carbocycles. The summed E-state index contributed by atoms with van der Waals surface area (Å²) in [5, 5.41) is 20.8. The van der Waals surface area contributed by atoms with Gasteiger partial charge in [0.15, 0.2) is 6.29 Å². The number of H-pyrrole nitrogens is 1. The lowest BCUT2D eigenvalue weighted by Crippen LogP contribution is -2.30. The highest BCUT2D eigenvalue weighted by Gasteiger charge is 2.35. The fourth-order valence-corrected chi connectivity index (χ4v) is 4.07. The van der Waals surface area contributed by atoms with Gasteiger partial charge in [0, 0.05) is 45.6 Å². The van der Waals surface area contributed by atoms with Crippen LogP contribution in [-0.2, 0) is 14.3 Å². The number of aromatic nitrogens is 1. The third-order valence-corrected chi connectivity index (χ3v) is 5.70. The van der Waals surface area contributed by atoms with E-state index in [0.29, 0.717) is 30.0 Å². The average molecular weight is 442 g/mol. The number of fused-ring (bicyclic) bond motifs is 1. The van der Waals surface area contributed by atoms with Gasteiger partial charge in [0.2, 0.25) is 0 Å². The summed E-state index contributed by atoms with van der Waals surface area (Å²) in [6.45, 7) is 0.431. The fourth-order valence-electron chi connectivity index (χ4n) is 3.90. The number of para-hydroxylation sites is 1.